The summed E-state index contributed by atoms with van der Waals surface area (Å²) in [5, 5.41) is 9.34. The number of carbonyl (C=O) groups excluding carboxylic acids is 1. The van der Waals surface area contributed by atoms with Crippen molar-refractivity contribution in [3.63, 3.8) is 0 Å². The molecule has 23 heavy (non-hydrogen) atoms. The minimum Gasteiger partial charge on any atom is -0.480 e. The molecule has 2 atom stereocenters. The van der Waals surface area contributed by atoms with Gasteiger partial charge in [-0.05, 0) is 19.3 Å². The second-order valence-corrected chi connectivity index (χ2v) is 6.16. The fourth-order valence-corrected chi connectivity index (χ4v) is 3.51. The van der Waals surface area contributed by atoms with Gasteiger partial charge in [0.05, 0.1) is 6.20 Å². The molecular formula is C15H21N5O3. The van der Waals surface area contributed by atoms with E-state index in [1.165, 1.54) is 18.6 Å². The van der Waals surface area contributed by atoms with E-state index in [4.69, 9.17) is 5.73 Å². The van der Waals surface area contributed by atoms with Crippen molar-refractivity contribution in [3.8, 4) is 0 Å². The first-order valence-corrected chi connectivity index (χ1v) is 7.85. The molecule has 1 aromatic heterocycles. The molecule has 124 valence electrons. The molecule has 2 saturated heterocycles. The second kappa shape index (κ2) is 6.59. The first-order chi connectivity index (χ1) is 11.1. The molecule has 2 aliphatic heterocycles. The Hall–Kier alpha value is -2.06. The molecule has 0 unspecified atom stereocenters. The second-order valence-electron chi connectivity index (χ2n) is 6.16. The van der Waals surface area contributed by atoms with Gasteiger partial charge < -0.3 is 15.7 Å². The number of piperidine rings is 1. The smallest absolute Gasteiger partial charge is 0.320 e. The zero-order valence-corrected chi connectivity index (χ0v) is 12.8. The molecule has 0 aromatic carbocycles. The largest absolute Gasteiger partial charge is 0.480 e. The van der Waals surface area contributed by atoms with E-state index in [1.54, 1.807) is 4.90 Å². The molecule has 0 radical (unpaired) electrons. The summed E-state index contributed by atoms with van der Waals surface area (Å²) in [5.74, 6) is -0.930. The third-order valence-corrected chi connectivity index (χ3v) is 4.66. The van der Waals surface area contributed by atoms with Crippen LogP contribution in [0.15, 0.2) is 18.6 Å². The van der Waals surface area contributed by atoms with Crippen molar-refractivity contribution < 1.29 is 14.7 Å². The Bertz CT molecular complexity index is 574. The zero-order chi connectivity index (χ0) is 16.4. The molecule has 2 aliphatic rings. The SMILES string of the molecule is N[C@H]1C[C@@H](C(=O)O)N(C2CCN(C(=O)c3cnccn3)CC2)C1. The first-order valence-electron chi connectivity index (χ1n) is 7.85. The summed E-state index contributed by atoms with van der Waals surface area (Å²) in [6.07, 6.45) is 6.50. The van der Waals surface area contributed by atoms with Crippen molar-refractivity contribution in [1.82, 2.24) is 19.8 Å². The van der Waals surface area contributed by atoms with Crippen LogP contribution in [0, 0.1) is 0 Å². The number of carboxylic acid groups (broad SMARTS) is 1. The predicted molar refractivity (Wildman–Crippen MR) is 81.7 cm³/mol. The van der Waals surface area contributed by atoms with E-state index >= 15 is 0 Å². The van der Waals surface area contributed by atoms with Crippen LogP contribution >= 0.6 is 0 Å². The van der Waals surface area contributed by atoms with Crippen LogP contribution in [0.1, 0.15) is 29.8 Å². The van der Waals surface area contributed by atoms with Crippen molar-refractivity contribution in [2.75, 3.05) is 19.6 Å². The predicted octanol–water partition coefficient (Wildman–Crippen LogP) is -0.433. The van der Waals surface area contributed by atoms with Crippen molar-refractivity contribution >= 4 is 11.9 Å². The van der Waals surface area contributed by atoms with Crippen LogP contribution < -0.4 is 5.73 Å². The topological polar surface area (TPSA) is 113 Å². The highest BCUT2D eigenvalue weighted by Crippen LogP contribution is 2.26. The number of rotatable bonds is 3. The van der Waals surface area contributed by atoms with Gasteiger partial charge in [0.1, 0.15) is 11.7 Å². The Morgan fingerprint density at radius 2 is 2.00 bits per heavy atom. The first kappa shape index (κ1) is 15.8. The van der Waals surface area contributed by atoms with E-state index in [9.17, 15) is 14.7 Å². The Morgan fingerprint density at radius 1 is 1.26 bits per heavy atom. The Balaban J connectivity index is 1.60. The van der Waals surface area contributed by atoms with Crippen LogP contribution in [0.5, 0.6) is 0 Å². The molecule has 0 bridgehead atoms. The van der Waals surface area contributed by atoms with Gasteiger partial charge in [0.25, 0.3) is 5.91 Å². The van der Waals surface area contributed by atoms with Crippen LogP contribution in [0.25, 0.3) is 0 Å². The Labute approximate surface area is 134 Å². The fraction of sp³-hybridized carbons (Fsp3) is 0.600. The van der Waals surface area contributed by atoms with Gasteiger partial charge in [0.2, 0.25) is 0 Å². The number of aliphatic carboxylic acids is 1. The number of hydrogen-bond acceptors (Lipinski definition) is 6. The highest BCUT2D eigenvalue weighted by atomic mass is 16.4. The summed E-state index contributed by atoms with van der Waals surface area (Å²) in [7, 11) is 0. The van der Waals surface area contributed by atoms with Crippen molar-refractivity contribution in [1.29, 1.82) is 0 Å². The number of carboxylic acids is 1. The average Bonchev–Trinajstić information content (AvgIpc) is 2.97. The molecule has 8 heteroatoms. The van der Waals surface area contributed by atoms with Crippen molar-refractivity contribution in [2.24, 2.45) is 5.73 Å². The molecule has 0 aliphatic carbocycles. The molecule has 3 N–H and O–H groups in total. The maximum Gasteiger partial charge on any atom is 0.320 e. The van der Waals surface area contributed by atoms with Gasteiger partial charge in [0, 0.05) is 44.1 Å². The summed E-state index contributed by atoms with van der Waals surface area (Å²) < 4.78 is 0. The van der Waals surface area contributed by atoms with Gasteiger partial charge in [-0.1, -0.05) is 0 Å². The number of amides is 1. The molecule has 2 fully saturated rings. The molecule has 3 heterocycles. The molecule has 1 aromatic rings. The maximum absolute atomic E-state index is 12.3. The standard InChI is InChI=1S/C15H21N5O3/c16-10-7-13(15(22)23)20(9-10)11-1-5-19(6-2-11)14(21)12-8-17-3-4-18-12/h3-4,8,10-11,13H,1-2,5-7,9,16H2,(H,22,23)/t10-,13-/m0/s1. The summed E-state index contributed by atoms with van der Waals surface area (Å²) in [6.45, 7) is 1.80. The third kappa shape index (κ3) is 3.32. The number of hydrogen-bond donors (Lipinski definition) is 2. The summed E-state index contributed by atoms with van der Waals surface area (Å²) in [4.78, 5) is 35.4. The lowest BCUT2D eigenvalue weighted by molar-refractivity contribution is -0.143. The number of nitrogens with zero attached hydrogens (tertiary/aromatic N) is 4. The highest BCUT2D eigenvalue weighted by molar-refractivity contribution is 5.92. The number of carbonyl (C=O) groups is 2. The Morgan fingerprint density at radius 3 is 2.61 bits per heavy atom. The lowest BCUT2D eigenvalue weighted by Gasteiger charge is -2.38. The summed E-state index contributed by atoms with van der Waals surface area (Å²) in [6, 6.07) is -0.428. The normalized spacial score (nSPS) is 26.4. The minimum absolute atomic E-state index is 0.0876. The highest BCUT2D eigenvalue weighted by Gasteiger charge is 2.40. The van der Waals surface area contributed by atoms with Gasteiger partial charge >= 0.3 is 5.97 Å². The van der Waals surface area contributed by atoms with E-state index in [0.717, 1.165) is 12.8 Å². The number of nitrogens with two attached hydrogens (primary N) is 1. The number of aromatic nitrogens is 2. The molecule has 8 nitrogen and oxygen atoms in total. The van der Waals surface area contributed by atoms with Gasteiger partial charge in [-0.15, -0.1) is 0 Å². The summed E-state index contributed by atoms with van der Waals surface area (Å²) >= 11 is 0. The minimum atomic E-state index is -0.809. The van der Waals surface area contributed by atoms with Gasteiger partial charge in [-0.25, -0.2) is 4.98 Å². The van der Waals surface area contributed by atoms with E-state index in [-0.39, 0.29) is 18.0 Å². The van der Waals surface area contributed by atoms with E-state index in [2.05, 4.69) is 9.97 Å². The molecule has 0 spiro atoms. The molecule has 3 rings (SSSR count). The van der Waals surface area contributed by atoms with Crippen LogP contribution in [0.2, 0.25) is 0 Å². The molecular weight excluding hydrogens is 298 g/mol. The van der Waals surface area contributed by atoms with E-state index < -0.39 is 12.0 Å². The quantitative estimate of drug-likeness (QED) is 0.777. The van der Waals surface area contributed by atoms with E-state index in [0.29, 0.717) is 31.7 Å². The van der Waals surface area contributed by atoms with Crippen LogP contribution in [0.4, 0.5) is 0 Å². The van der Waals surface area contributed by atoms with Gasteiger partial charge in [0.15, 0.2) is 0 Å². The van der Waals surface area contributed by atoms with Crippen LogP contribution in [-0.2, 0) is 4.79 Å². The van der Waals surface area contributed by atoms with Crippen molar-refractivity contribution in [3.05, 3.63) is 24.3 Å². The molecule has 0 saturated carbocycles. The summed E-state index contributed by atoms with van der Waals surface area (Å²) in [5.41, 5.74) is 6.27. The maximum atomic E-state index is 12.3. The molecule has 1 amide bonds. The Kier molecular flexibility index (Phi) is 4.53. The average molecular weight is 319 g/mol. The van der Waals surface area contributed by atoms with E-state index in [1.807, 2.05) is 4.90 Å². The number of likely N-dealkylation sites (tertiary alicyclic amines) is 2. The lowest BCUT2D eigenvalue weighted by atomic mass is 10.0. The monoisotopic (exact) mass is 319 g/mol. The van der Waals surface area contributed by atoms with Gasteiger partial charge in [-0.3, -0.25) is 19.5 Å². The fourth-order valence-electron chi connectivity index (χ4n) is 3.51. The third-order valence-electron chi connectivity index (χ3n) is 4.66. The van der Waals surface area contributed by atoms with Crippen LogP contribution in [0.3, 0.4) is 0 Å². The van der Waals surface area contributed by atoms with Crippen molar-refractivity contribution in [2.45, 2.75) is 37.4 Å². The lowest BCUT2D eigenvalue weighted by Crippen LogP contribution is -2.50. The van der Waals surface area contributed by atoms with Gasteiger partial charge in [-0.2, -0.15) is 0 Å². The zero-order valence-electron chi connectivity index (χ0n) is 12.8. The van der Waals surface area contributed by atoms with Crippen LogP contribution in [-0.4, -0.2) is 74.5 Å².